The number of nitrogens with zero attached hydrogens (tertiary/aromatic N) is 2. The van der Waals surface area contributed by atoms with E-state index in [1.54, 1.807) is 36.9 Å². The van der Waals surface area contributed by atoms with Gasteiger partial charge in [0.15, 0.2) is 0 Å². The summed E-state index contributed by atoms with van der Waals surface area (Å²) in [6.45, 7) is 3.96. The number of hydrogen-bond acceptors (Lipinski definition) is 4. The van der Waals surface area contributed by atoms with Crippen LogP contribution in [0.4, 0.5) is 5.69 Å². The number of halogens is 1. The van der Waals surface area contributed by atoms with Gasteiger partial charge in [0.2, 0.25) is 0 Å². The lowest BCUT2D eigenvalue weighted by atomic mass is 10.2. The monoisotopic (exact) mass is 332 g/mol. The van der Waals surface area contributed by atoms with Crippen LogP contribution in [0.3, 0.4) is 0 Å². The van der Waals surface area contributed by atoms with Gasteiger partial charge in [-0.2, -0.15) is 0 Å². The van der Waals surface area contributed by atoms with Gasteiger partial charge in [-0.05, 0) is 44.2 Å². The first kappa shape index (κ1) is 15.8. The molecule has 1 N–H and O–H groups in total. The molecular formula is C17H17ClN2O3. The van der Waals surface area contributed by atoms with E-state index in [1.165, 1.54) is 6.20 Å². The fourth-order valence-electron chi connectivity index (χ4n) is 2.38. The van der Waals surface area contributed by atoms with Crippen molar-refractivity contribution in [3.8, 4) is 5.75 Å². The summed E-state index contributed by atoms with van der Waals surface area (Å²) in [6.07, 6.45) is 1.54. The van der Waals surface area contributed by atoms with E-state index in [4.69, 9.17) is 16.3 Å². The molecular weight excluding hydrogens is 316 g/mol. The molecule has 3 rings (SSSR count). The molecule has 1 aromatic heterocycles. The van der Waals surface area contributed by atoms with E-state index in [-0.39, 0.29) is 12.5 Å². The van der Waals surface area contributed by atoms with Crippen LogP contribution in [-0.2, 0) is 6.54 Å². The summed E-state index contributed by atoms with van der Waals surface area (Å²) in [6, 6.07) is 8.86. The Hall–Kier alpha value is -2.11. The van der Waals surface area contributed by atoms with Crippen LogP contribution in [0.2, 0.25) is 5.15 Å². The van der Waals surface area contributed by atoms with E-state index in [0.29, 0.717) is 23.0 Å². The molecule has 0 aliphatic carbocycles. The summed E-state index contributed by atoms with van der Waals surface area (Å²) in [4.78, 5) is 18.1. The molecule has 0 saturated heterocycles. The van der Waals surface area contributed by atoms with Gasteiger partial charge in [-0.15, -0.1) is 0 Å². The van der Waals surface area contributed by atoms with Crippen LogP contribution in [-0.4, -0.2) is 28.2 Å². The Kier molecular flexibility index (Phi) is 4.00. The number of ether oxygens (including phenoxy) is 1. The molecule has 0 unspecified atom stereocenters. The van der Waals surface area contributed by atoms with Crippen molar-refractivity contribution in [2.24, 2.45) is 0 Å². The van der Waals surface area contributed by atoms with Gasteiger partial charge in [-0.25, -0.2) is 4.98 Å². The number of amides is 1. The highest BCUT2D eigenvalue weighted by Gasteiger charge is 2.30. The van der Waals surface area contributed by atoms with E-state index in [9.17, 15) is 9.90 Å². The average molecular weight is 333 g/mol. The number of rotatable bonds is 4. The molecule has 2 aromatic rings. The normalized spacial score (nSPS) is 14.1. The molecule has 120 valence electrons. The van der Waals surface area contributed by atoms with Crippen LogP contribution in [0.1, 0.15) is 29.8 Å². The van der Waals surface area contributed by atoms with Crippen LogP contribution in [0.15, 0.2) is 36.5 Å². The second kappa shape index (κ2) is 5.83. The first-order chi connectivity index (χ1) is 10.8. The Balaban J connectivity index is 1.77. The van der Waals surface area contributed by atoms with Crippen LogP contribution in [0.5, 0.6) is 5.75 Å². The fourth-order valence-corrected chi connectivity index (χ4v) is 2.60. The second-order valence-electron chi connectivity index (χ2n) is 6.11. The third kappa shape index (κ3) is 3.30. The summed E-state index contributed by atoms with van der Waals surface area (Å²) in [5.41, 5.74) is 1.21. The van der Waals surface area contributed by atoms with Crippen molar-refractivity contribution >= 4 is 23.2 Å². The molecule has 1 aromatic carbocycles. The van der Waals surface area contributed by atoms with Crippen molar-refractivity contribution in [1.29, 1.82) is 0 Å². The van der Waals surface area contributed by atoms with Gasteiger partial charge in [-0.1, -0.05) is 11.6 Å². The first-order valence-electron chi connectivity index (χ1n) is 7.26. The maximum atomic E-state index is 12.5. The van der Waals surface area contributed by atoms with Crippen molar-refractivity contribution in [2.45, 2.75) is 26.0 Å². The summed E-state index contributed by atoms with van der Waals surface area (Å²) in [5.74, 6) is 0.550. The smallest absolute Gasteiger partial charge is 0.259 e. The molecule has 2 heterocycles. The van der Waals surface area contributed by atoms with Gasteiger partial charge in [0.25, 0.3) is 5.91 Å². The predicted molar refractivity (Wildman–Crippen MR) is 88.0 cm³/mol. The summed E-state index contributed by atoms with van der Waals surface area (Å²) in [7, 11) is 0. The van der Waals surface area contributed by atoms with Crippen molar-refractivity contribution in [3.63, 3.8) is 0 Å². The summed E-state index contributed by atoms with van der Waals surface area (Å²) in [5, 5.41) is 10.0. The third-order valence-corrected chi connectivity index (χ3v) is 3.86. The first-order valence-corrected chi connectivity index (χ1v) is 7.63. The maximum absolute atomic E-state index is 12.5. The van der Waals surface area contributed by atoms with Crippen molar-refractivity contribution < 1.29 is 14.6 Å². The highest BCUT2D eigenvalue weighted by molar-refractivity contribution is 6.31. The zero-order valence-electron chi connectivity index (χ0n) is 12.9. The fraction of sp³-hybridized carbons (Fsp3) is 0.294. The van der Waals surface area contributed by atoms with E-state index in [2.05, 4.69) is 4.98 Å². The lowest BCUT2D eigenvalue weighted by molar-refractivity contribution is 0.0285. The van der Waals surface area contributed by atoms with E-state index < -0.39 is 5.60 Å². The summed E-state index contributed by atoms with van der Waals surface area (Å²) >= 11 is 6.06. The Bertz CT molecular complexity index is 738. The highest BCUT2D eigenvalue weighted by Crippen LogP contribution is 2.32. The molecule has 1 aliphatic rings. The highest BCUT2D eigenvalue weighted by atomic mass is 35.5. The zero-order chi connectivity index (χ0) is 16.6. The number of carbonyl (C=O) groups excluding carboxylic acids is 1. The topological polar surface area (TPSA) is 62.7 Å². The Labute approximate surface area is 139 Å². The van der Waals surface area contributed by atoms with E-state index >= 15 is 0 Å². The summed E-state index contributed by atoms with van der Waals surface area (Å²) < 4.78 is 5.51. The SMILES string of the molecule is CC(C)(O)COc1ccc(N2Cc3c(ccnc3Cl)C2=O)cc1. The van der Waals surface area contributed by atoms with Gasteiger partial charge in [0.05, 0.1) is 12.1 Å². The molecule has 23 heavy (non-hydrogen) atoms. The van der Waals surface area contributed by atoms with Crippen molar-refractivity contribution in [1.82, 2.24) is 4.98 Å². The van der Waals surface area contributed by atoms with Crippen LogP contribution in [0, 0.1) is 0 Å². The molecule has 1 aliphatic heterocycles. The molecule has 0 fully saturated rings. The average Bonchev–Trinajstić information content (AvgIpc) is 2.84. The minimum atomic E-state index is -0.894. The number of aromatic nitrogens is 1. The minimum absolute atomic E-state index is 0.0885. The molecule has 0 atom stereocenters. The largest absolute Gasteiger partial charge is 0.491 e. The molecule has 0 radical (unpaired) electrons. The Morgan fingerprint density at radius 1 is 1.30 bits per heavy atom. The van der Waals surface area contributed by atoms with Crippen molar-refractivity contribution in [2.75, 3.05) is 11.5 Å². The van der Waals surface area contributed by atoms with E-state index in [0.717, 1.165) is 11.3 Å². The molecule has 1 amide bonds. The third-order valence-electron chi connectivity index (χ3n) is 3.54. The second-order valence-corrected chi connectivity index (χ2v) is 6.47. The molecule has 5 nitrogen and oxygen atoms in total. The lowest BCUT2D eigenvalue weighted by Gasteiger charge is -2.19. The predicted octanol–water partition coefficient (Wildman–Crippen LogP) is 3.05. The van der Waals surface area contributed by atoms with Crippen LogP contribution >= 0.6 is 11.6 Å². The minimum Gasteiger partial charge on any atom is -0.491 e. The van der Waals surface area contributed by atoms with E-state index in [1.807, 2.05) is 12.1 Å². The maximum Gasteiger partial charge on any atom is 0.259 e. The zero-order valence-corrected chi connectivity index (χ0v) is 13.7. The number of benzene rings is 1. The molecule has 0 spiro atoms. The lowest BCUT2D eigenvalue weighted by Crippen LogP contribution is -2.27. The quantitative estimate of drug-likeness (QED) is 0.874. The molecule has 0 saturated carbocycles. The van der Waals surface area contributed by atoms with Gasteiger partial charge < -0.3 is 14.7 Å². The molecule has 6 heteroatoms. The number of carbonyl (C=O) groups is 1. The van der Waals surface area contributed by atoms with Crippen LogP contribution < -0.4 is 9.64 Å². The Morgan fingerprint density at radius 3 is 2.61 bits per heavy atom. The standard InChI is InChI=1S/C17H17ClN2O3/c1-17(2,22)10-23-12-5-3-11(4-6-12)20-9-14-13(16(20)21)7-8-19-15(14)18/h3-8,22H,9-10H2,1-2H3. The number of fused-ring (bicyclic) bond motifs is 1. The van der Waals surface area contributed by atoms with Crippen molar-refractivity contribution in [3.05, 3.63) is 52.8 Å². The van der Waals surface area contributed by atoms with Gasteiger partial charge >= 0.3 is 0 Å². The van der Waals surface area contributed by atoms with Crippen LogP contribution in [0.25, 0.3) is 0 Å². The number of pyridine rings is 1. The Morgan fingerprint density at radius 2 is 2.00 bits per heavy atom. The van der Waals surface area contributed by atoms with Gasteiger partial charge in [-0.3, -0.25) is 4.79 Å². The molecule has 0 bridgehead atoms. The number of aliphatic hydroxyl groups is 1. The van der Waals surface area contributed by atoms with Gasteiger partial charge in [0, 0.05) is 23.0 Å². The van der Waals surface area contributed by atoms with Gasteiger partial charge in [0.1, 0.15) is 17.5 Å². The number of hydrogen-bond donors (Lipinski definition) is 1. The number of anilines is 1.